The molecule has 2 aromatic carbocycles. The van der Waals surface area contributed by atoms with Gasteiger partial charge >= 0.3 is 13.7 Å². The van der Waals surface area contributed by atoms with Gasteiger partial charge in [-0.05, 0) is 30.9 Å². The van der Waals surface area contributed by atoms with E-state index >= 15 is 0 Å². The first kappa shape index (κ1) is 27.1. The Labute approximate surface area is 231 Å². The van der Waals surface area contributed by atoms with Crippen LogP contribution in [-0.2, 0) is 13.9 Å². The summed E-state index contributed by atoms with van der Waals surface area (Å²) in [6.45, 7) is 1.39. The van der Waals surface area contributed by atoms with Crippen LogP contribution in [0.4, 0.5) is 5.95 Å². The molecule has 2 heterocycles. The van der Waals surface area contributed by atoms with E-state index in [1.807, 2.05) is 41.0 Å². The second-order valence-corrected chi connectivity index (χ2v) is 11.6. The zero-order valence-corrected chi connectivity index (χ0v) is 23.5. The summed E-state index contributed by atoms with van der Waals surface area (Å²) in [4.78, 5) is 24.3. The maximum Gasteiger partial charge on any atom is 0.459 e. The largest absolute Gasteiger partial charge is 0.480 e. The summed E-state index contributed by atoms with van der Waals surface area (Å²) in [6.07, 6.45) is 6.15. The molecule has 1 unspecified atom stereocenters. The summed E-state index contributed by atoms with van der Waals surface area (Å²) >= 11 is 3.51. The molecule has 12 nitrogen and oxygen atoms in total. The van der Waals surface area contributed by atoms with Crippen LogP contribution in [0.2, 0.25) is 0 Å². The summed E-state index contributed by atoms with van der Waals surface area (Å²) < 4.78 is 33.6. The highest BCUT2D eigenvalue weighted by Gasteiger charge is 2.34. The molecule has 4 N–H and O–H groups in total. The Morgan fingerprint density at radius 3 is 2.77 bits per heavy atom. The summed E-state index contributed by atoms with van der Waals surface area (Å²) in [5, 5.41) is 13.5. The number of nitrogens with one attached hydrogen (secondary N) is 1. The number of rotatable bonds is 10. The lowest BCUT2D eigenvalue weighted by molar-refractivity contribution is -0.138. The zero-order chi connectivity index (χ0) is 27.7. The molecule has 0 bridgehead atoms. The monoisotopic (exact) mass is 616 g/mol. The molecule has 14 heteroatoms. The number of nitrogens with zero attached hydrogens (tertiary/aromatic N) is 4. The highest BCUT2D eigenvalue weighted by molar-refractivity contribution is 9.10. The summed E-state index contributed by atoms with van der Waals surface area (Å²) in [7, 11) is -2.63. The van der Waals surface area contributed by atoms with Gasteiger partial charge in [0.1, 0.15) is 11.8 Å². The number of carboxylic acids is 1. The first-order chi connectivity index (χ1) is 18.7. The highest BCUT2D eigenvalue weighted by atomic mass is 79.9. The van der Waals surface area contributed by atoms with Crippen molar-refractivity contribution in [2.75, 3.05) is 19.5 Å². The summed E-state index contributed by atoms with van der Waals surface area (Å²) in [6, 6.07) is 9.55. The Morgan fingerprint density at radius 2 is 2.03 bits per heavy atom. The molecule has 2 aromatic heterocycles. The third-order valence-corrected chi connectivity index (χ3v) is 8.66. The number of carboxylic acid groups (broad SMARTS) is 1. The Balaban J connectivity index is 1.34. The SMILES string of the molecule is COc1nc(N)nc2c1ncn2[C@H]1C=C[C@@H](COP(=O)(N[C@@H](C)C(=O)O)Oc2ccc(Br)c3ccccc23)C1. The van der Waals surface area contributed by atoms with E-state index in [1.165, 1.54) is 14.0 Å². The molecular formula is C25H26BrN6O6P. The highest BCUT2D eigenvalue weighted by Crippen LogP contribution is 2.48. The van der Waals surface area contributed by atoms with Crippen molar-refractivity contribution in [3.8, 4) is 11.6 Å². The number of ether oxygens (including phenoxy) is 1. The molecule has 204 valence electrons. The molecule has 0 saturated heterocycles. The van der Waals surface area contributed by atoms with Gasteiger partial charge in [-0.3, -0.25) is 9.32 Å². The predicted molar refractivity (Wildman–Crippen MR) is 149 cm³/mol. The number of nitrogens with two attached hydrogens (primary N) is 1. The molecule has 1 aliphatic rings. The molecule has 0 fully saturated rings. The van der Waals surface area contributed by atoms with Crippen LogP contribution >= 0.6 is 23.7 Å². The summed E-state index contributed by atoms with van der Waals surface area (Å²) in [5.74, 6) is -0.671. The molecule has 39 heavy (non-hydrogen) atoms. The molecular weight excluding hydrogens is 591 g/mol. The molecule has 0 aliphatic heterocycles. The van der Waals surface area contributed by atoms with Gasteiger partial charge in [0, 0.05) is 15.8 Å². The number of imidazole rings is 1. The average molecular weight is 617 g/mol. The number of benzene rings is 2. The first-order valence-corrected chi connectivity index (χ1v) is 14.4. The minimum atomic E-state index is -4.11. The fourth-order valence-corrected chi connectivity index (χ4v) is 6.44. The van der Waals surface area contributed by atoms with Crippen molar-refractivity contribution in [3.63, 3.8) is 0 Å². The maximum absolute atomic E-state index is 13.9. The lowest BCUT2D eigenvalue weighted by atomic mass is 10.1. The third-order valence-electron chi connectivity index (χ3n) is 6.34. The molecule has 4 aromatic rings. The Morgan fingerprint density at radius 1 is 1.26 bits per heavy atom. The second-order valence-electron chi connectivity index (χ2n) is 9.03. The van der Waals surface area contributed by atoms with Gasteiger partial charge in [-0.2, -0.15) is 15.1 Å². The van der Waals surface area contributed by atoms with Crippen molar-refractivity contribution in [3.05, 3.63) is 59.4 Å². The number of aromatic nitrogens is 4. The molecule has 5 rings (SSSR count). The van der Waals surface area contributed by atoms with Crippen LogP contribution in [0, 0.1) is 5.92 Å². The van der Waals surface area contributed by atoms with Gasteiger partial charge in [-0.15, -0.1) is 0 Å². The number of nitrogen functional groups attached to an aromatic ring is 1. The van der Waals surface area contributed by atoms with E-state index < -0.39 is 19.8 Å². The van der Waals surface area contributed by atoms with Crippen molar-refractivity contribution < 1.29 is 28.3 Å². The molecule has 4 atom stereocenters. The minimum Gasteiger partial charge on any atom is -0.480 e. The zero-order valence-electron chi connectivity index (χ0n) is 21.0. The van der Waals surface area contributed by atoms with Gasteiger partial charge in [0.2, 0.25) is 11.8 Å². The van der Waals surface area contributed by atoms with E-state index in [2.05, 4.69) is 36.0 Å². The third kappa shape index (κ3) is 5.62. The van der Waals surface area contributed by atoms with Crippen LogP contribution in [0.1, 0.15) is 19.4 Å². The van der Waals surface area contributed by atoms with Crippen LogP contribution in [0.15, 0.2) is 59.4 Å². The molecule has 0 radical (unpaired) electrons. The fraction of sp³-hybridized carbons (Fsp3) is 0.280. The summed E-state index contributed by atoms with van der Waals surface area (Å²) in [5.41, 5.74) is 6.86. The number of carbonyl (C=O) groups is 1. The quantitative estimate of drug-likeness (QED) is 0.167. The number of allylic oxidation sites excluding steroid dienone is 1. The lowest BCUT2D eigenvalue weighted by Crippen LogP contribution is -2.33. The van der Waals surface area contributed by atoms with Crippen molar-refractivity contribution in [1.82, 2.24) is 24.6 Å². The van der Waals surface area contributed by atoms with Gasteiger partial charge in [0.15, 0.2) is 11.2 Å². The van der Waals surface area contributed by atoms with Crippen LogP contribution in [0.5, 0.6) is 11.6 Å². The van der Waals surface area contributed by atoms with Gasteiger partial charge in [-0.25, -0.2) is 9.55 Å². The van der Waals surface area contributed by atoms with Gasteiger partial charge in [-0.1, -0.05) is 52.3 Å². The van der Waals surface area contributed by atoms with Crippen molar-refractivity contribution in [1.29, 1.82) is 0 Å². The molecule has 0 saturated carbocycles. The van der Waals surface area contributed by atoms with E-state index in [9.17, 15) is 14.5 Å². The number of hydrogen-bond donors (Lipinski definition) is 3. The van der Waals surface area contributed by atoms with Gasteiger partial charge < -0.3 is 24.7 Å². The fourth-order valence-electron chi connectivity index (χ4n) is 4.39. The number of fused-ring (bicyclic) bond motifs is 2. The topological polar surface area (TPSA) is 164 Å². The van der Waals surface area contributed by atoms with Crippen LogP contribution < -0.4 is 20.1 Å². The number of halogens is 1. The second kappa shape index (κ2) is 10.9. The molecule has 0 amide bonds. The van der Waals surface area contributed by atoms with Crippen molar-refractivity contribution in [2.24, 2.45) is 5.92 Å². The number of methoxy groups -OCH3 is 1. The molecule has 1 aliphatic carbocycles. The predicted octanol–water partition coefficient (Wildman–Crippen LogP) is 4.72. The number of anilines is 1. The van der Waals surface area contributed by atoms with Gasteiger partial charge in [0.05, 0.1) is 26.1 Å². The van der Waals surface area contributed by atoms with E-state index in [4.69, 9.17) is 19.5 Å². The molecule has 0 spiro atoms. The van der Waals surface area contributed by atoms with E-state index in [0.717, 1.165) is 9.86 Å². The van der Waals surface area contributed by atoms with Crippen LogP contribution in [0.25, 0.3) is 21.9 Å². The van der Waals surface area contributed by atoms with Crippen molar-refractivity contribution in [2.45, 2.75) is 25.4 Å². The van der Waals surface area contributed by atoms with E-state index in [1.54, 1.807) is 18.5 Å². The van der Waals surface area contributed by atoms with Crippen molar-refractivity contribution >= 4 is 57.5 Å². The van der Waals surface area contributed by atoms with Crippen LogP contribution in [0.3, 0.4) is 0 Å². The van der Waals surface area contributed by atoms with E-state index in [-0.39, 0.29) is 30.4 Å². The average Bonchev–Trinajstić information content (AvgIpc) is 3.56. The van der Waals surface area contributed by atoms with Crippen LogP contribution in [-0.4, -0.2) is 50.4 Å². The van der Waals surface area contributed by atoms with E-state index in [0.29, 0.717) is 28.7 Å². The Hall–Kier alpha value is -3.51. The normalized spacial score (nSPS) is 19.3. The number of aliphatic carboxylic acids is 1. The Bertz CT molecular complexity index is 1630. The minimum absolute atomic E-state index is 0.0190. The standard InChI is InChI=1S/C25H26BrN6O6P/c1-14(24(33)34)31-39(35,38-20-10-9-19(26)17-5-3-4-6-18(17)20)37-12-15-7-8-16(11-15)32-13-28-21-22(32)29-25(27)30-23(21)36-2/h3-10,13-16H,11-12H2,1-2H3,(H,31,35)(H,33,34)(H2,27,29,30)/t14-,15+,16-,39?/m0/s1. The Kier molecular flexibility index (Phi) is 7.59. The maximum atomic E-state index is 13.9. The first-order valence-electron chi connectivity index (χ1n) is 12.0. The lowest BCUT2D eigenvalue weighted by Gasteiger charge is -2.24. The smallest absolute Gasteiger partial charge is 0.459 e. The number of hydrogen-bond acceptors (Lipinski definition) is 9. The van der Waals surface area contributed by atoms with Gasteiger partial charge in [0.25, 0.3) is 0 Å².